The maximum atomic E-state index is 13.6. The summed E-state index contributed by atoms with van der Waals surface area (Å²) < 4.78 is 0. The van der Waals surface area contributed by atoms with Crippen LogP contribution in [0.1, 0.15) is 58.0 Å². The minimum atomic E-state index is -0.972. The third-order valence-corrected chi connectivity index (χ3v) is 7.54. The summed E-state index contributed by atoms with van der Waals surface area (Å²) in [7, 11) is 0. The van der Waals surface area contributed by atoms with Crippen molar-refractivity contribution in [1.82, 2.24) is 4.90 Å². The van der Waals surface area contributed by atoms with Gasteiger partial charge < -0.3 is 10.2 Å². The fourth-order valence-electron chi connectivity index (χ4n) is 5.31. The van der Waals surface area contributed by atoms with Crippen LogP contribution in [0.4, 0.5) is 0 Å². The third kappa shape index (κ3) is 6.15. The molecule has 212 valence electrons. The second kappa shape index (κ2) is 12.6. The maximum absolute atomic E-state index is 13.6. The topological polar surface area (TPSA) is 107 Å². The summed E-state index contributed by atoms with van der Waals surface area (Å²) in [4.78, 5) is 43.5. The fourth-order valence-corrected chi connectivity index (χ4v) is 5.31. The van der Waals surface area contributed by atoms with Crippen LogP contribution >= 0.6 is 0 Å². The monoisotopic (exact) mass is 560 g/mol. The Balaban J connectivity index is 1.32. The van der Waals surface area contributed by atoms with Crippen molar-refractivity contribution in [2.45, 2.75) is 45.2 Å². The summed E-state index contributed by atoms with van der Waals surface area (Å²) in [5.74, 6) is -1.19. The Hall–Kier alpha value is -5.04. The van der Waals surface area contributed by atoms with Gasteiger partial charge in [0.05, 0.1) is 17.7 Å². The predicted octanol–water partition coefficient (Wildman–Crippen LogP) is 6.96. The highest BCUT2D eigenvalue weighted by Crippen LogP contribution is 2.28. The Morgan fingerprint density at radius 1 is 0.738 bits per heavy atom. The van der Waals surface area contributed by atoms with E-state index in [1.807, 2.05) is 60.7 Å². The lowest BCUT2D eigenvalue weighted by atomic mass is 9.97. The summed E-state index contributed by atoms with van der Waals surface area (Å²) >= 11 is 0. The van der Waals surface area contributed by atoms with Gasteiger partial charge in [-0.15, -0.1) is 0 Å². The molecule has 0 saturated heterocycles. The smallest absolute Gasteiger partial charge is 0.336 e. The Morgan fingerprint density at radius 3 is 1.74 bits per heavy atom. The molecule has 4 aromatic carbocycles. The van der Waals surface area contributed by atoms with Crippen molar-refractivity contribution in [1.29, 1.82) is 0 Å². The molecule has 0 spiro atoms. The number of aromatic carboxylic acids is 2. The molecular formula is C35H32N2O5. The summed E-state index contributed by atoms with van der Waals surface area (Å²) in [6.07, 6.45) is 3.09. The zero-order chi connectivity index (χ0) is 29.6. The number of rotatable bonds is 11. The summed E-state index contributed by atoms with van der Waals surface area (Å²) in [6.45, 7) is 2.50. The van der Waals surface area contributed by atoms with Crippen LogP contribution in [0, 0.1) is 0 Å². The van der Waals surface area contributed by atoms with Crippen molar-refractivity contribution in [3.8, 4) is 22.3 Å². The molecule has 42 heavy (non-hydrogen) atoms. The molecule has 0 radical (unpaired) electrons. The molecule has 1 heterocycles. The van der Waals surface area contributed by atoms with Crippen molar-refractivity contribution in [2.24, 2.45) is 4.99 Å². The van der Waals surface area contributed by atoms with E-state index >= 15 is 0 Å². The van der Waals surface area contributed by atoms with Crippen LogP contribution in [0.5, 0.6) is 0 Å². The quantitative estimate of drug-likeness (QED) is 0.206. The molecule has 0 bridgehead atoms. The molecule has 0 fully saturated rings. The molecule has 0 aliphatic carbocycles. The van der Waals surface area contributed by atoms with E-state index in [4.69, 9.17) is 4.99 Å². The van der Waals surface area contributed by atoms with E-state index in [0.717, 1.165) is 40.9 Å². The van der Waals surface area contributed by atoms with Gasteiger partial charge in [0.15, 0.2) is 0 Å². The number of carbonyl (C=O) groups is 3. The van der Waals surface area contributed by atoms with Crippen molar-refractivity contribution >= 4 is 23.7 Å². The van der Waals surface area contributed by atoms with Gasteiger partial charge in [-0.25, -0.2) is 9.59 Å². The van der Waals surface area contributed by atoms with Crippen molar-refractivity contribution in [3.63, 3.8) is 0 Å². The van der Waals surface area contributed by atoms with E-state index in [9.17, 15) is 24.6 Å². The molecule has 7 heteroatoms. The Kier molecular flexibility index (Phi) is 8.58. The highest BCUT2D eigenvalue weighted by atomic mass is 16.4. The van der Waals surface area contributed by atoms with Crippen LogP contribution in [-0.4, -0.2) is 44.8 Å². The van der Waals surface area contributed by atoms with Gasteiger partial charge in [0.2, 0.25) is 0 Å². The number of carboxylic acids is 2. The van der Waals surface area contributed by atoms with Gasteiger partial charge in [-0.2, -0.15) is 0 Å². The van der Waals surface area contributed by atoms with Gasteiger partial charge >= 0.3 is 11.9 Å². The highest BCUT2D eigenvalue weighted by molar-refractivity contribution is 6.06. The van der Waals surface area contributed by atoms with E-state index < -0.39 is 18.0 Å². The van der Waals surface area contributed by atoms with Gasteiger partial charge in [-0.1, -0.05) is 98.3 Å². The number of hydrogen-bond donors (Lipinski definition) is 2. The van der Waals surface area contributed by atoms with Crippen molar-refractivity contribution < 1.29 is 24.6 Å². The minimum absolute atomic E-state index is 0.0401. The SMILES string of the molecule is CCCCC1=NC(Cc2ccc(-c3ccccc3C(=O)O)cc2)C(=O)N1Cc1ccc(-c2ccccc2C(=O)O)cc1. The normalized spacial score (nSPS) is 14.6. The second-order valence-electron chi connectivity index (χ2n) is 10.4. The molecule has 1 atom stereocenters. The fraction of sp³-hybridized carbons (Fsp3) is 0.200. The average molecular weight is 561 g/mol. The lowest BCUT2D eigenvalue weighted by Crippen LogP contribution is -2.35. The minimum Gasteiger partial charge on any atom is -0.478 e. The first-order valence-electron chi connectivity index (χ1n) is 14.1. The number of carboxylic acid groups (broad SMARTS) is 2. The molecule has 1 aliphatic heterocycles. The first kappa shape index (κ1) is 28.5. The van der Waals surface area contributed by atoms with Crippen LogP contribution < -0.4 is 0 Å². The molecular weight excluding hydrogens is 528 g/mol. The molecule has 0 aromatic heterocycles. The number of hydrogen-bond acceptors (Lipinski definition) is 4. The second-order valence-corrected chi connectivity index (χ2v) is 10.4. The van der Waals surface area contributed by atoms with Gasteiger partial charge in [0, 0.05) is 12.8 Å². The molecule has 5 rings (SSSR count). The predicted molar refractivity (Wildman–Crippen MR) is 163 cm³/mol. The van der Waals surface area contributed by atoms with E-state index in [-0.39, 0.29) is 17.0 Å². The summed E-state index contributed by atoms with van der Waals surface area (Å²) in [5, 5.41) is 19.1. The number of amidine groups is 1. The molecule has 0 saturated carbocycles. The highest BCUT2D eigenvalue weighted by Gasteiger charge is 2.34. The van der Waals surface area contributed by atoms with E-state index in [1.165, 1.54) is 0 Å². The molecule has 1 aliphatic rings. The largest absolute Gasteiger partial charge is 0.478 e. The number of carbonyl (C=O) groups excluding carboxylic acids is 1. The zero-order valence-corrected chi connectivity index (χ0v) is 23.4. The van der Waals surface area contributed by atoms with Crippen LogP contribution in [-0.2, 0) is 17.8 Å². The van der Waals surface area contributed by atoms with Gasteiger partial charge in [-0.05, 0) is 51.9 Å². The standard InChI is InChI=1S/C35H32N2O5/c1-2-3-12-32-36-31(21-23-13-17-25(18-14-23)27-8-4-6-10-29(27)34(39)40)33(38)37(32)22-24-15-19-26(20-16-24)28-9-5-7-11-30(28)35(41)42/h4-11,13-20,31H,2-3,12,21-22H2,1H3,(H,39,40)(H,41,42). The first-order valence-corrected chi connectivity index (χ1v) is 14.1. The average Bonchev–Trinajstić information content (AvgIpc) is 3.29. The summed E-state index contributed by atoms with van der Waals surface area (Å²) in [6, 6.07) is 28.6. The van der Waals surface area contributed by atoms with E-state index in [2.05, 4.69) is 6.92 Å². The lowest BCUT2D eigenvalue weighted by molar-refractivity contribution is -0.127. The van der Waals surface area contributed by atoms with Crippen molar-refractivity contribution in [3.05, 3.63) is 119 Å². The van der Waals surface area contributed by atoms with Crippen LogP contribution in [0.3, 0.4) is 0 Å². The van der Waals surface area contributed by atoms with E-state index in [1.54, 1.807) is 41.3 Å². The third-order valence-electron chi connectivity index (χ3n) is 7.54. The van der Waals surface area contributed by atoms with Crippen LogP contribution in [0.15, 0.2) is 102 Å². The Bertz CT molecular complexity index is 1640. The van der Waals surface area contributed by atoms with Gasteiger partial charge in [-0.3, -0.25) is 14.7 Å². The van der Waals surface area contributed by atoms with Gasteiger partial charge in [0.1, 0.15) is 11.9 Å². The molecule has 1 amide bonds. The van der Waals surface area contributed by atoms with Crippen LogP contribution in [0.25, 0.3) is 22.3 Å². The molecule has 2 N–H and O–H groups in total. The molecule has 4 aromatic rings. The van der Waals surface area contributed by atoms with E-state index in [0.29, 0.717) is 30.5 Å². The van der Waals surface area contributed by atoms with Crippen LogP contribution in [0.2, 0.25) is 0 Å². The number of aliphatic imine (C=N–C) groups is 1. The Morgan fingerprint density at radius 2 is 1.24 bits per heavy atom. The number of benzene rings is 4. The number of amides is 1. The summed E-state index contributed by atoms with van der Waals surface area (Å²) in [5.41, 5.74) is 5.29. The first-order chi connectivity index (χ1) is 20.4. The van der Waals surface area contributed by atoms with Gasteiger partial charge in [0.25, 0.3) is 5.91 Å². The maximum Gasteiger partial charge on any atom is 0.336 e. The zero-order valence-electron chi connectivity index (χ0n) is 23.4. The number of unbranched alkanes of at least 4 members (excludes halogenated alkanes) is 1. The molecule has 7 nitrogen and oxygen atoms in total. The van der Waals surface area contributed by atoms with Crippen molar-refractivity contribution in [2.75, 3.05) is 0 Å². The Labute approximate surface area is 244 Å². The number of nitrogens with zero attached hydrogens (tertiary/aromatic N) is 2. The lowest BCUT2D eigenvalue weighted by Gasteiger charge is -2.20. The molecule has 1 unspecified atom stereocenters.